The van der Waals surface area contributed by atoms with E-state index in [9.17, 15) is 9.59 Å². The summed E-state index contributed by atoms with van der Waals surface area (Å²) in [5.41, 5.74) is 2.20. The van der Waals surface area contributed by atoms with Gasteiger partial charge in [0.15, 0.2) is 5.69 Å². The predicted molar refractivity (Wildman–Crippen MR) is 103 cm³/mol. The number of fused-ring (bicyclic) bond motifs is 1. The number of aromatic nitrogens is 4. The monoisotopic (exact) mass is 365 g/mol. The van der Waals surface area contributed by atoms with Gasteiger partial charge in [-0.05, 0) is 18.9 Å². The van der Waals surface area contributed by atoms with Crippen molar-refractivity contribution in [3.63, 3.8) is 0 Å². The highest BCUT2D eigenvalue weighted by Gasteiger charge is 2.28. The topological polar surface area (TPSA) is 83.9 Å². The third-order valence-corrected chi connectivity index (χ3v) is 5.31. The zero-order valence-corrected chi connectivity index (χ0v) is 15.6. The van der Waals surface area contributed by atoms with Gasteiger partial charge in [-0.1, -0.05) is 25.1 Å². The van der Waals surface area contributed by atoms with Crippen LogP contribution < -0.4 is 5.56 Å². The molecule has 1 aliphatic heterocycles. The standard InChI is InChI=1S/C20H23N5O2/c1-3-17-21-15(12-18(26)22-17)13-8-10-25(11-9-13)20(27)19-14-6-4-5-7-16(14)24(2)23-19/h4-7,12-13H,3,8-11H2,1-2H3,(H,21,22,26). The number of carbonyl (C=O) groups excluding carboxylic acids is 1. The van der Waals surface area contributed by atoms with Gasteiger partial charge < -0.3 is 9.88 Å². The van der Waals surface area contributed by atoms with E-state index in [1.165, 1.54) is 0 Å². The number of carbonyl (C=O) groups is 1. The van der Waals surface area contributed by atoms with Crippen LogP contribution in [0.3, 0.4) is 0 Å². The second-order valence-corrected chi connectivity index (χ2v) is 7.03. The van der Waals surface area contributed by atoms with Crippen LogP contribution in [0, 0.1) is 0 Å². The number of aryl methyl sites for hydroxylation is 2. The van der Waals surface area contributed by atoms with Gasteiger partial charge in [0.25, 0.3) is 11.5 Å². The minimum Gasteiger partial charge on any atom is -0.337 e. The van der Waals surface area contributed by atoms with Crippen molar-refractivity contribution < 1.29 is 4.79 Å². The Morgan fingerprint density at radius 2 is 2.00 bits per heavy atom. The third-order valence-electron chi connectivity index (χ3n) is 5.31. The van der Waals surface area contributed by atoms with Gasteiger partial charge in [0.2, 0.25) is 0 Å². The molecule has 3 aromatic rings. The highest BCUT2D eigenvalue weighted by Crippen LogP contribution is 2.28. The number of hydrogen-bond donors (Lipinski definition) is 1. The number of amides is 1. The molecule has 0 spiro atoms. The molecule has 1 aromatic carbocycles. The lowest BCUT2D eigenvalue weighted by Gasteiger charge is -2.31. The first kappa shape index (κ1) is 17.5. The molecule has 1 fully saturated rings. The van der Waals surface area contributed by atoms with E-state index in [0.717, 1.165) is 35.3 Å². The lowest BCUT2D eigenvalue weighted by atomic mass is 9.93. The van der Waals surface area contributed by atoms with Crippen LogP contribution in [0.25, 0.3) is 10.9 Å². The predicted octanol–water partition coefficient (Wildman–Crippen LogP) is 2.24. The third kappa shape index (κ3) is 3.25. The van der Waals surface area contributed by atoms with E-state index in [-0.39, 0.29) is 17.4 Å². The van der Waals surface area contributed by atoms with Gasteiger partial charge in [0.1, 0.15) is 5.82 Å². The number of para-hydroxylation sites is 1. The first-order valence-corrected chi connectivity index (χ1v) is 9.38. The number of piperidine rings is 1. The highest BCUT2D eigenvalue weighted by molar-refractivity contribution is 6.04. The van der Waals surface area contributed by atoms with Gasteiger partial charge in [0.05, 0.1) is 11.2 Å². The Labute approximate surface area is 157 Å². The Kier molecular flexibility index (Phi) is 4.51. The first-order valence-electron chi connectivity index (χ1n) is 9.38. The SMILES string of the molecule is CCc1nc(C2CCN(C(=O)c3nn(C)c4ccccc34)CC2)cc(=O)[nH]1. The minimum atomic E-state index is -0.102. The Hall–Kier alpha value is -2.96. The van der Waals surface area contributed by atoms with Crippen molar-refractivity contribution in [2.75, 3.05) is 13.1 Å². The van der Waals surface area contributed by atoms with Crippen molar-refractivity contribution in [2.24, 2.45) is 7.05 Å². The Balaban J connectivity index is 1.51. The first-order chi connectivity index (χ1) is 13.1. The molecule has 4 rings (SSSR count). The van der Waals surface area contributed by atoms with Crippen LogP contribution in [-0.2, 0) is 13.5 Å². The van der Waals surface area contributed by atoms with Crippen LogP contribution in [0.15, 0.2) is 35.1 Å². The van der Waals surface area contributed by atoms with E-state index in [2.05, 4.69) is 15.1 Å². The molecule has 0 saturated carbocycles. The largest absolute Gasteiger partial charge is 0.337 e. The zero-order chi connectivity index (χ0) is 19.0. The number of aromatic amines is 1. The average molecular weight is 365 g/mol. The van der Waals surface area contributed by atoms with Gasteiger partial charge >= 0.3 is 0 Å². The second-order valence-electron chi connectivity index (χ2n) is 7.03. The summed E-state index contributed by atoms with van der Waals surface area (Å²) in [4.78, 5) is 34.0. The summed E-state index contributed by atoms with van der Waals surface area (Å²) in [6.45, 7) is 3.26. The number of likely N-dealkylation sites (tertiary alicyclic amines) is 1. The average Bonchev–Trinajstić information content (AvgIpc) is 3.04. The molecule has 1 saturated heterocycles. The van der Waals surface area contributed by atoms with E-state index in [0.29, 0.717) is 25.2 Å². The molecule has 0 radical (unpaired) electrons. The van der Waals surface area contributed by atoms with Crippen molar-refractivity contribution in [3.05, 3.63) is 57.9 Å². The van der Waals surface area contributed by atoms with Crippen molar-refractivity contribution >= 4 is 16.8 Å². The fourth-order valence-electron chi connectivity index (χ4n) is 3.81. The molecule has 1 aliphatic rings. The fraction of sp³-hybridized carbons (Fsp3) is 0.400. The molecular formula is C20H23N5O2. The molecule has 140 valence electrons. The molecule has 3 heterocycles. The van der Waals surface area contributed by atoms with E-state index in [1.807, 2.05) is 43.1 Å². The van der Waals surface area contributed by atoms with Gasteiger partial charge in [0, 0.05) is 43.9 Å². The lowest BCUT2D eigenvalue weighted by Crippen LogP contribution is -2.38. The van der Waals surface area contributed by atoms with Crippen LogP contribution in [0.5, 0.6) is 0 Å². The second kappa shape index (κ2) is 6.98. The lowest BCUT2D eigenvalue weighted by molar-refractivity contribution is 0.0707. The normalized spacial score (nSPS) is 15.4. The minimum absolute atomic E-state index is 0.0293. The maximum Gasteiger partial charge on any atom is 0.275 e. The van der Waals surface area contributed by atoms with Gasteiger partial charge in [-0.25, -0.2) is 4.98 Å². The van der Waals surface area contributed by atoms with Crippen LogP contribution in [0.4, 0.5) is 0 Å². The number of nitrogens with zero attached hydrogens (tertiary/aromatic N) is 4. The maximum atomic E-state index is 13.0. The summed E-state index contributed by atoms with van der Waals surface area (Å²) < 4.78 is 1.75. The maximum absolute atomic E-state index is 13.0. The van der Waals surface area contributed by atoms with Crippen molar-refractivity contribution in [1.82, 2.24) is 24.6 Å². The smallest absolute Gasteiger partial charge is 0.275 e. The number of nitrogens with one attached hydrogen (secondary N) is 1. The molecule has 0 atom stereocenters. The summed E-state index contributed by atoms with van der Waals surface area (Å²) in [6, 6.07) is 9.37. The number of H-pyrrole nitrogens is 1. The number of hydrogen-bond acceptors (Lipinski definition) is 4. The van der Waals surface area contributed by atoms with E-state index in [4.69, 9.17) is 0 Å². The molecule has 0 unspecified atom stereocenters. The van der Waals surface area contributed by atoms with E-state index < -0.39 is 0 Å². The Morgan fingerprint density at radius 3 is 2.74 bits per heavy atom. The quantitative estimate of drug-likeness (QED) is 0.771. The van der Waals surface area contributed by atoms with Crippen molar-refractivity contribution in [3.8, 4) is 0 Å². The van der Waals surface area contributed by atoms with Crippen LogP contribution in [-0.4, -0.2) is 43.6 Å². The molecule has 1 N–H and O–H groups in total. The van der Waals surface area contributed by atoms with Crippen LogP contribution >= 0.6 is 0 Å². The van der Waals surface area contributed by atoms with Gasteiger partial charge in [-0.15, -0.1) is 0 Å². The van der Waals surface area contributed by atoms with Crippen molar-refractivity contribution in [2.45, 2.75) is 32.1 Å². The Morgan fingerprint density at radius 1 is 1.26 bits per heavy atom. The number of rotatable bonds is 3. The molecule has 0 bridgehead atoms. The highest BCUT2D eigenvalue weighted by atomic mass is 16.2. The summed E-state index contributed by atoms with van der Waals surface area (Å²) in [5, 5.41) is 5.33. The summed E-state index contributed by atoms with van der Waals surface area (Å²) >= 11 is 0. The Bertz CT molecular complexity index is 1040. The molecule has 1 amide bonds. The summed E-state index contributed by atoms with van der Waals surface area (Å²) in [5.74, 6) is 0.899. The summed E-state index contributed by atoms with van der Waals surface area (Å²) in [7, 11) is 1.86. The molecule has 0 aliphatic carbocycles. The summed E-state index contributed by atoms with van der Waals surface area (Å²) in [6.07, 6.45) is 2.30. The zero-order valence-electron chi connectivity index (χ0n) is 15.6. The molecule has 7 heteroatoms. The number of benzene rings is 1. The molecule has 27 heavy (non-hydrogen) atoms. The van der Waals surface area contributed by atoms with E-state index in [1.54, 1.807) is 10.7 Å². The fourth-order valence-corrected chi connectivity index (χ4v) is 3.81. The van der Waals surface area contributed by atoms with Gasteiger partial charge in [-0.2, -0.15) is 5.10 Å². The molecule has 2 aromatic heterocycles. The molecule has 7 nitrogen and oxygen atoms in total. The van der Waals surface area contributed by atoms with Gasteiger partial charge in [-0.3, -0.25) is 14.3 Å². The molecular weight excluding hydrogens is 342 g/mol. The van der Waals surface area contributed by atoms with Crippen LogP contribution in [0.1, 0.15) is 47.7 Å². The van der Waals surface area contributed by atoms with Crippen LogP contribution in [0.2, 0.25) is 0 Å². The van der Waals surface area contributed by atoms with E-state index >= 15 is 0 Å². The van der Waals surface area contributed by atoms with Crippen molar-refractivity contribution in [1.29, 1.82) is 0 Å².